The Kier molecular flexibility index (Phi) is 3.17. The molecule has 0 radical (unpaired) electrons. The Bertz CT molecular complexity index is 539. The van der Waals surface area contributed by atoms with E-state index < -0.39 is 4.92 Å². The van der Waals surface area contributed by atoms with E-state index >= 15 is 0 Å². The lowest BCUT2D eigenvalue weighted by Gasteiger charge is -2.40. The molecule has 20 heavy (non-hydrogen) atoms. The molecular weight excluding hydrogens is 258 g/mol. The molecule has 6 nitrogen and oxygen atoms in total. The number of benzene rings is 1. The first kappa shape index (κ1) is 13.1. The van der Waals surface area contributed by atoms with E-state index in [9.17, 15) is 14.9 Å². The summed E-state index contributed by atoms with van der Waals surface area (Å²) in [6.07, 6.45) is 3.23. The molecule has 0 aromatic heterocycles. The Morgan fingerprint density at radius 1 is 1.20 bits per heavy atom. The molecule has 0 spiro atoms. The number of nitro groups is 1. The van der Waals surface area contributed by atoms with Crippen LogP contribution in [0.4, 0.5) is 5.69 Å². The van der Waals surface area contributed by atoms with Gasteiger partial charge in [0.05, 0.1) is 11.0 Å². The van der Waals surface area contributed by atoms with Crippen LogP contribution in [0.15, 0.2) is 24.3 Å². The van der Waals surface area contributed by atoms with Gasteiger partial charge in [0.15, 0.2) is 0 Å². The van der Waals surface area contributed by atoms with Crippen LogP contribution in [0.2, 0.25) is 0 Å². The van der Waals surface area contributed by atoms with Crippen LogP contribution < -0.4 is 5.73 Å². The third-order valence-electron chi connectivity index (χ3n) is 4.07. The molecule has 1 heterocycles. The lowest BCUT2D eigenvalue weighted by atomic mass is 9.90. The quantitative estimate of drug-likeness (QED) is 0.672. The van der Waals surface area contributed by atoms with E-state index in [4.69, 9.17) is 5.73 Å². The first-order valence-electron chi connectivity index (χ1n) is 6.89. The number of non-ortho nitro benzene ring substituents is 1. The number of nitro benzene ring substituents is 1. The van der Waals surface area contributed by atoms with Crippen molar-refractivity contribution < 1.29 is 9.72 Å². The van der Waals surface area contributed by atoms with Crippen molar-refractivity contribution in [3.8, 4) is 0 Å². The van der Waals surface area contributed by atoms with Crippen molar-refractivity contribution in [3.63, 3.8) is 0 Å². The summed E-state index contributed by atoms with van der Waals surface area (Å²) in [5.41, 5.74) is 7.15. The number of likely N-dealkylation sites (tertiary alicyclic amines) is 1. The summed E-state index contributed by atoms with van der Waals surface area (Å²) < 4.78 is 0. The molecule has 2 unspecified atom stereocenters. The van der Waals surface area contributed by atoms with Crippen LogP contribution in [0.1, 0.15) is 37.3 Å². The largest absolute Gasteiger partial charge is 0.331 e. The fourth-order valence-corrected chi connectivity index (χ4v) is 2.92. The Labute approximate surface area is 116 Å². The van der Waals surface area contributed by atoms with Gasteiger partial charge in [0.2, 0.25) is 5.91 Å². The van der Waals surface area contributed by atoms with Crippen molar-refractivity contribution in [2.75, 3.05) is 0 Å². The molecule has 1 aliphatic carbocycles. The maximum atomic E-state index is 12.1. The van der Waals surface area contributed by atoms with Gasteiger partial charge < -0.3 is 10.6 Å². The molecule has 1 saturated carbocycles. The van der Waals surface area contributed by atoms with Gasteiger partial charge in [-0.05, 0) is 24.8 Å². The molecule has 0 bridgehead atoms. The van der Waals surface area contributed by atoms with E-state index in [0.717, 1.165) is 18.4 Å². The number of carbonyl (C=O) groups is 1. The molecule has 1 amide bonds. The second kappa shape index (κ2) is 4.86. The number of rotatable bonds is 3. The average Bonchev–Trinajstić information content (AvgIpc) is 3.25. The third kappa shape index (κ3) is 2.27. The molecule has 1 aromatic carbocycles. The van der Waals surface area contributed by atoms with Crippen LogP contribution in [-0.2, 0) is 4.79 Å². The van der Waals surface area contributed by atoms with Crippen molar-refractivity contribution in [3.05, 3.63) is 39.9 Å². The summed E-state index contributed by atoms with van der Waals surface area (Å²) in [5, 5.41) is 10.7. The normalized spacial score (nSPS) is 26.6. The molecule has 1 aliphatic heterocycles. The number of carbonyl (C=O) groups excluding carboxylic acids is 1. The van der Waals surface area contributed by atoms with Crippen molar-refractivity contribution in [1.29, 1.82) is 0 Å². The number of hydrogen-bond acceptors (Lipinski definition) is 4. The SMILES string of the molecule is NC1CCC(=O)N(C2CC2)C1c1ccc([N+](=O)[O-])cc1. The van der Waals surface area contributed by atoms with Crippen LogP contribution in [-0.4, -0.2) is 27.8 Å². The van der Waals surface area contributed by atoms with E-state index in [2.05, 4.69) is 0 Å². The summed E-state index contributed by atoms with van der Waals surface area (Å²) in [5.74, 6) is 0.151. The smallest absolute Gasteiger partial charge is 0.269 e. The van der Waals surface area contributed by atoms with Gasteiger partial charge in [0.1, 0.15) is 0 Å². The Hall–Kier alpha value is -1.95. The van der Waals surface area contributed by atoms with Crippen molar-refractivity contribution in [2.24, 2.45) is 5.73 Å². The first-order chi connectivity index (χ1) is 9.58. The highest BCUT2D eigenvalue weighted by Gasteiger charge is 2.43. The predicted octanol–water partition coefficient (Wildman–Crippen LogP) is 1.75. The average molecular weight is 275 g/mol. The predicted molar refractivity (Wildman–Crippen MR) is 72.9 cm³/mol. The minimum absolute atomic E-state index is 0.0578. The molecule has 2 aliphatic rings. The highest BCUT2D eigenvalue weighted by atomic mass is 16.6. The van der Waals surface area contributed by atoms with E-state index in [1.807, 2.05) is 4.90 Å². The fraction of sp³-hybridized carbons (Fsp3) is 0.500. The number of amides is 1. The van der Waals surface area contributed by atoms with E-state index in [1.54, 1.807) is 12.1 Å². The van der Waals surface area contributed by atoms with Gasteiger partial charge >= 0.3 is 0 Å². The van der Waals surface area contributed by atoms with E-state index in [-0.39, 0.29) is 23.7 Å². The summed E-state index contributed by atoms with van der Waals surface area (Å²) >= 11 is 0. The van der Waals surface area contributed by atoms with Crippen LogP contribution >= 0.6 is 0 Å². The first-order valence-corrected chi connectivity index (χ1v) is 6.89. The Morgan fingerprint density at radius 2 is 1.85 bits per heavy atom. The Morgan fingerprint density at radius 3 is 2.40 bits per heavy atom. The highest BCUT2D eigenvalue weighted by molar-refractivity contribution is 5.78. The van der Waals surface area contributed by atoms with Crippen LogP contribution in [0.25, 0.3) is 0 Å². The summed E-state index contributed by atoms with van der Waals surface area (Å²) in [4.78, 5) is 24.3. The highest BCUT2D eigenvalue weighted by Crippen LogP contribution is 2.40. The van der Waals surface area contributed by atoms with Crippen LogP contribution in [0.3, 0.4) is 0 Å². The summed E-state index contributed by atoms with van der Waals surface area (Å²) in [6.45, 7) is 0. The number of piperidine rings is 1. The second-order valence-electron chi connectivity index (χ2n) is 5.53. The molecule has 2 atom stereocenters. The third-order valence-corrected chi connectivity index (χ3v) is 4.07. The maximum Gasteiger partial charge on any atom is 0.269 e. The van der Waals surface area contributed by atoms with Gasteiger partial charge in [-0.25, -0.2) is 0 Å². The maximum absolute atomic E-state index is 12.1. The van der Waals surface area contributed by atoms with Gasteiger partial charge in [-0.15, -0.1) is 0 Å². The molecule has 6 heteroatoms. The fourth-order valence-electron chi connectivity index (χ4n) is 2.92. The number of nitrogens with zero attached hydrogens (tertiary/aromatic N) is 2. The van der Waals surface area contributed by atoms with Gasteiger partial charge in [0, 0.05) is 30.6 Å². The van der Waals surface area contributed by atoms with Gasteiger partial charge in [0.25, 0.3) is 5.69 Å². The van der Waals surface area contributed by atoms with Crippen LogP contribution in [0.5, 0.6) is 0 Å². The molecule has 2 fully saturated rings. The summed E-state index contributed by atoms with van der Waals surface area (Å²) in [7, 11) is 0. The van der Waals surface area contributed by atoms with E-state index in [1.165, 1.54) is 12.1 Å². The Balaban J connectivity index is 1.91. The zero-order valence-corrected chi connectivity index (χ0v) is 11.1. The minimum Gasteiger partial charge on any atom is -0.331 e. The van der Waals surface area contributed by atoms with Crippen molar-refractivity contribution in [1.82, 2.24) is 4.90 Å². The van der Waals surface area contributed by atoms with Gasteiger partial charge in [-0.3, -0.25) is 14.9 Å². The molecule has 1 aromatic rings. The van der Waals surface area contributed by atoms with Crippen molar-refractivity contribution in [2.45, 2.75) is 43.8 Å². The zero-order chi connectivity index (χ0) is 14.3. The topological polar surface area (TPSA) is 89.5 Å². The lowest BCUT2D eigenvalue weighted by Crippen LogP contribution is -2.49. The molecule has 106 valence electrons. The lowest BCUT2D eigenvalue weighted by molar-refractivity contribution is -0.384. The van der Waals surface area contributed by atoms with Gasteiger partial charge in [-0.1, -0.05) is 12.1 Å². The standard InChI is InChI=1S/C14H17N3O3/c15-12-7-8-13(18)16(10-5-6-10)14(12)9-1-3-11(4-2-9)17(19)20/h1-4,10,12,14H,5-8,15H2. The monoisotopic (exact) mass is 275 g/mol. The molecule has 1 saturated heterocycles. The molecule has 2 N–H and O–H groups in total. The second-order valence-corrected chi connectivity index (χ2v) is 5.53. The number of hydrogen-bond donors (Lipinski definition) is 1. The van der Waals surface area contributed by atoms with Gasteiger partial charge in [-0.2, -0.15) is 0 Å². The molecular formula is C14H17N3O3. The van der Waals surface area contributed by atoms with E-state index in [0.29, 0.717) is 18.9 Å². The number of nitrogens with two attached hydrogens (primary N) is 1. The minimum atomic E-state index is -0.422. The zero-order valence-electron chi connectivity index (χ0n) is 11.1. The van der Waals surface area contributed by atoms with Crippen molar-refractivity contribution >= 4 is 11.6 Å². The van der Waals surface area contributed by atoms with Crippen LogP contribution in [0, 0.1) is 10.1 Å². The molecule has 3 rings (SSSR count). The summed E-state index contributed by atoms with van der Waals surface area (Å²) in [6, 6.07) is 6.44.